The molecule has 2 N–H and O–H groups in total. The molecule has 4 aromatic rings. The van der Waals surface area contributed by atoms with Crippen molar-refractivity contribution in [1.82, 2.24) is 9.38 Å². The Bertz CT molecular complexity index is 945. The predicted octanol–water partition coefficient (Wildman–Crippen LogP) is 4.01. The number of anilines is 1. The maximum Gasteiger partial charge on any atom is 0.148 e. The molecule has 0 aromatic carbocycles. The summed E-state index contributed by atoms with van der Waals surface area (Å²) in [5, 5.41) is 3.22. The van der Waals surface area contributed by atoms with Crippen LogP contribution in [0.4, 0.5) is 5.82 Å². The third-order valence-electron chi connectivity index (χ3n) is 3.66. The van der Waals surface area contributed by atoms with Crippen molar-refractivity contribution in [2.24, 2.45) is 0 Å². The Labute approximate surface area is 119 Å². The fraction of sp³-hybridized carbons (Fsp3) is 0.133. The summed E-state index contributed by atoms with van der Waals surface area (Å²) in [5.41, 5.74) is 10.1. The van der Waals surface area contributed by atoms with Gasteiger partial charge in [0, 0.05) is 21.3 Å². The Balaban J connectivity index is 2.17. The largest absolute Gasteiger partial charge is 0.469 e. The van der Waals surface area contributed by atoms with Crippen molar-refractivity contribution in [3.63, 3.8) is 0 Å². The number of fused-ring (bicyclic) bond motifs is 3. The number of pyridine rings is 1. The van der Waals surface area contributed by atoms with Gasteiger partial charge in [0.15, 0.2) is 0 Å². The lowest BCUT2D eigenvalue weighted by Crippen LogP contribution is -1.97. The molecule has 0 aliphatic rings. The van der Waals surface area contributed by atoms with Crippen LogP contribution in [0.5, 0.6) is 0 Å². The van der Waals surface area contributed by atoms with E-state index in [2.05, 4.69) is 24.4 Å². The average Bonchev–Trinajstić information content (AvgIpc) is 3.08. The molecule has 5 heteroatoms. The number of rotatable bonds is 1. The van der Waals surface area contributed by atoms with Gasteiger partial charge in [-0.2, -0.15) is 0 Å². The number of thiophene rings is 1. The summed E-state index contributed by atoms with van der Waals surface area (Å²) in [4.78, 5) is 4.76. The van der Waals surface area contributed by atoms with E-state index in [4.69, 9.17) is 15.1 Å². The lowest BCUT2D eigenvalue weighted by molar-refractivity contribution is 0.535. The number of hydrogen-bond donors (Lipinski definition) is 1. The maximum absolute atomic E-state index is 6.32. The van der Waals surface area contributed by atoms with Crippen LogP contribution in [0.2, 0.25) is 0 Å². The number of aromatic nitrogens is 2. The minimum Gasteiger partial charge on any atom is -0.469 e. The highest BCUT2D eigenvalue weighted by Crippen LogP contribution is 2.34. The van der Waals surface area contributed by atoms with E-state index >= 15 is 0 Å². The zero-order valence-corrected chi connectivity index (χ0v) is 12.0. The van der Waals surface area contributed by atoms with Gasteiger partial charge in [-0.15, -0.1) is 11.3 Å². The molecular weight excluding hydrogens is 270 g/mol. The van der Waals surface area contributed by atoms with Gasteiger partial charge in [0.05, 0.1) is 6.26 Å². The Morgan fingerprint density at radius 1 is 1.30 bits per heavy atom. The summed E-state index contributed by atoms with van der Waals surface area (Å²) in [6.45, 7) is 3.97. The monoisotopic (exact) mass is 283 g/mol. The Morgan fingerprint density at radius 2 is 2.15 bits per heavy atom. The van der Waals surface area contributed by atoms with E-state index in [0.29, 0.717) is 5.82 Å². The first-order chi connectivity index (χ1) is 9.66. The summed E-state index contributed by atoms with van der Waals surface area (Å²) < 4.78 is 8.61. The second kappa shape index (κ2) is 3.86. The number of furan rings is 1. The lowest BCUT2D eigenvalue weighted by atomic mass is 10.2. The Morgan fingerprint density at radius 3 is 2.90 bits per heavy atom. The van der Waals surface area contributed by atoms with Crippen molar-refractivity contribution in [3.05, 3.63) is 41.3 Å². The third-order valence-corrected chi connectivity index (χ3v) is 4.52. The molecule has 0 radical (unpaired) electrons. The molecule has 0 saturated carbocycles. The highest BCUT2D eigenvalue weighted by Gasteiger charge is 2.18. The minimum absolute atomic E-state index is 0.662. The molecule has 0 saturated heterocycles. The van der Waals surface area contributed by atoms with E-state index < -0.39 is 0 Å². The first-order valence-electron chi connectivity index (χ1n) is 6.36. The summed E-state index contributed by atoms with van der Waals surface area (Å²) >= 11 is 1.72. The van der Waals surface area contributed by atoms with Crippen molar-refractivity contribution >= 4 is 32.9 Å². The van der Waals surface area contributed by atoms with Crippen LogP contribution in [0.3, 0.4) is 0 Å². The lowest BCUT2D eigenvalue weighted by Gasteiger charge is -2.03. The molecule has 4 heterocycles. The molecule has 0 fully saturated rings. The van der Waals surface area contributed by atoms with Gasteiger partial charge in [-0.05, 0) is 37.4 Å². The van der Waals surface area contributed by atoms with Crippen LogP contribution >= 0.6 is 11.3 Å². The van der Waals surface area contributed by atoms with Gasteiger partial charge in [0.2, 0.25) is 0 Å². The molecule has 0 aliphatic heterocycles. The number of nitrogens with two attached hydrogens (primary N) is 1. The highest BCUT2D eigenvalue weighted by atomic mass is 32.1. The summed E-state index contributed by atoms with van der Waals surface area (Å²) in [7, 11) is 0. The standard InChI is InChI=1S/C15H13N3OS/c1-8-7-12-11(4-6-20-12)15-17-13(14(16)18(8)15)10-3-5-19-9(10)2/h3-7H,16H2,1-2H3. The second-order valence-corrected chi connectivity index (χ2v) is 5.83. The summed E-state index contributed by atoms with van der Waals surface area (Å²) in [5.74, 6) is 1.49. The van der Waals surface area contributed by atoms with Gasteiger partial charge >= 0.3 is 0 Å². The van der Waals surface area contributed by atoms with Crippen LogP contribution in [0.1, 0.15) is 11.5 Å². The zero-order chi connectivity index (χ0) is 13.9. The topological polar surface area (TPSA) is 56.5 Å². The molecule has 100 valence electrons. The number of nitrogen functional groups attached to an aromatic ring is 1. The number of aryl methyl sites for hydroxylation is 2. The van der Waals surface area contributed by atoms with E-state index in [9.17, 15) is 0 Å². The quantitative estimate of drug-likeness (QED) is 0.574. The van der Waals surface area contributed by atoms with Crippen molar-refractivity contribution in [3.8, 4) is 11.3 Å². The normalized spacial score (nSPS) is 11.7. The molecule has 4 nitrogen and oxygen atoms in total. The van der Waals surface area contributed by atoms with Gasteiger partial charge < -0.3 is 10.2 Å². The van der Waals surface area contributed by atoms with Crippen molar-refractivity contribution < 1.29 is 4.42 Å². The average molecular weight is 283 g/mol. The summed E-state index contributed by atoms with van der Waals surface area (Å²) in [6, 6.07) is 6.15. The molecule has 0 atom stereocenters. The van der Waals surface area contributed by atoms with Crippen LogP contribution < -0.4 is 5.73 Å². The van der Waals surface area contributed by atoms with Gasteiger partial charge in [-0.25, -0.2) is 4.98 Å². The van der Waals surface area contributed by atoms with Crippen LogP contribution in [-0.4, -0.2) is 9.38 Å². The zero-order valence-electron chi connectivity index (χ0n) is 11.2. The molecule has 0 bridgehead atoms. The van der Waals surface area contributed by atoms with Gasteiger partial charge in [0.1, 0.15) is 22.9 Å². The number of hydrogen-bond acceptors (Lipinski definition) is 4. The fourth-order valence-corrected chi connectivity index (χ4v) is 3.55. The van der Waals surface area contributed by atoms with Crippen molar-refractivity contribution in [1.29, 1.82) is 0 Å². The molecule has 20 heavy (non-hydrogen) atoms. The second-order valence-electron chi connectivity index (χ2n) is 4.88. The van der Waals surface area contributed by atoms with E-state index in [1.807, 2.05) is 17.4 Å². The Hall–Kier alpha value is -2.27. The molecule has 0 spiro atoms. The highest BCUT2D eigenvalue weighted by molar-refractivity contribution is 7.17. The fourth-order valence-electron chi connectivity index (χ4n) is 2.67. The Kier molecular flexibility index (Phi) is 2.23. The van der Waals surface area contributed by atoms with E-state index in [0.717, 1.165) is 33.7 Å². The molecule has 0 aliphatic carbocycles. The van der Waals surface area contributed by atoms with Gasteiger partial charge in [-0.1, -0.05) is 0 Å². The van der Waals surface area contributed by atoms with Crippen molar-refractivity contribution in [2.45, 2.75) is 13.8 Å². The number of imidazole rings is 1. The molecule has 0 unspecified atom stereocenters. The SMILES string of the molecule is Cc1occc1-c1nc2c3ccsc3cc(C)n2c1N. The van der Waals surface area contributed by atoms with Gasteiger partial charge in [0.25, 0.3) is 0 Å². The summed E-state index contributed by atoms with van der Waals surface area (Å²) in [6.07, 6.45) is 1.67. The smallest absolute Gasteiger partial charge is 0.148 e. The first-order valence-corrected chi connectivity index (χ1v) is 7.24. The third kappa shape index (κ3) is 1.38. The van der Waals surface area contributed by atoms with Crippen LogP contribution in [0.15, 0.2) is 34.3 Å². The maximum atomic E-state index is 6.32. The molecule has 0 amide bonds. The van der Waals surface area contributed by atoms with Crippen LogP contribution in [0, 0.1) is 13.8 Å². The van der Waals surface area contributed by atoms with E-state index in [1.54, 1.807) is 17.6 Å². The van der Waals surface area contributed by atoms with E-state index in [-0.39, 0.29) is 0 Å². The van der Waals surface area contributed by atoms with Crippen molar-refractivity contribution in [2.75, 3.05) is 5.73 Å². The molecule has 4 aromatic heterocycles. The molecular formula is C15H13N3OS. The number of nitrogens with zero attached hydrogens (tertiary/aromatic N) is 2. The van der Waals surface area contributed by atoms with Crippen LogP contribution in [0.25, 0.3) is 27.0 Å². The predicted molar refractivity (Wildman–Crippen MR) is 82.2 cm³/mol. The first kappa shape index (κ1) is 11.5. The molecule has 4 rings (SSSR count). The van der Waals surface area contributed by atoms with E-state index in [1.165, 1.54) is 4.70 Å². The van der Waals surface area contributed by atoms with Crippen LogP contribution in [-0.2, 0) is 0 Å². The minimum atomic E-state index is 0.662. The van der Waals surface area contributed by atoms with Gasteiger partial charge in [-0.3, -0.25) is 4.40 Å².